The van der Waals surface area contributed by atoms with Gasteiger partial charge in [0.2, 0.25) is 5.91 Å². The molecule has 0 fully saturated rings. The molecule has 4 nitrogen and oxygen atoms in total. The molecule has 1 aromatic carbocycles. The van der Waals surface area contributed by atoms with E-state index in [1.165, 1.54) is 11.3 Å². The first-order chi connectivity index (χ1) is 10.2. The average Bonchev–Trinajstić information content (AvgIpc) is 2.86. The summed E-state index contributed by atoms with van der Waals surface area (Å²) in [4.78, 5) is 17.7. The predicted octanol–water partition coefficient (Wildman–Crippen LogP) is 2.91. The third kappa shape index (κ3) is 2.97. The predicted molar refractivity (Wildman–Crippen MR) is 84.3 cm³/mol. The number of ether oxygens (including phenoxy) is 1. The zero-order chi connectivity index (χ0) is 14.8. The van der Waals surface area contributed by atoms with E-state index in [-0.39, 0.29) is 5.91 Å². The van der Waals surface area contributed by atoms with Crippen LogP contribution in [0.1, 0.15) is 16.8 Å². The normalized spacial score (nSPS) is 13.9. The fourth-order valence-electron chi connectivity index (χ4n) is 2.73. The number of nitrogens with zero attached hydrogens (tertiary/aromatic N) is 1. The van der Waals surface area contributed by atoms with Crippen molar-refractivity contribution in [2.75, 3.05) is 13.7 Å². The molecule has 2 aromatic rings. The maximum absolute atomic E-state index is 12.5. The van der Waals surface area contributed by atoms with Crippen molar-refractivity contribution in [3.8, 4) is 5.75 Å². The smallest absolute Gasteiger partial charge is 0.227 e. The summed E-state index contributed by atoms with van der Waals surface area (Å²) < 4.78 is 6.29. The van der Waals surface area contributed by atoms with Crippen LogP contribution in [-0.2, 0) is 24.2 Å². The molecule has 1 aliphatic rings. The highest BCUT2D eigenvalue weighted by molar-refractivity contribution is 9.10. The minimum Gasteiger partial charge on any atom is -0.496 e. The number of para-hydroxylation sites is 1. The van der Waals surface area contributed by atoms with Crippen LogP contribution < -0.4 is 4.74 Å². The number of H-pyrrole nitrogens is 1. The molecule has 0 radical (unpaired) electrons. The Morgan fingerprint density at radius 1 is 1.43 bits per heavy atom. The molecule has 1 aromatic heterocycles. The molecule has 110 valence electrons. The van der Waals surface area contributed by atoms with Crippen molar-refractivity contribution >= 4 is 21.8 Å². The fraction of sp³-hybridized carbons (Fsp3) is 0.312. The minimum atomic E-state index is 0.141. The molecule has 2 heterocycles. The Morgan fingerprint density at radius 3 is 3.05 bits per heavy atom. The van der Waals surface area contributed by atoms with Gasteiger partial charge in [0.1, 0.15) is 5.75 Å². The van der Waals surface area contributed by atoms with Gasteiger partial charge in [-0.3, -0.25) is 4.79 Å². The molecule has 0 saturated carbocycles. The second kappa shape index (κ2) is 5.93. The van der Waals surface area contributed by atoms with E-state index in [9.17, 15) is 4.79 Å². The maximum atomic E-state index is 12.5. The third-order valence-electron chi connectivity index (χ3n) is 3.84. The number of aromatic nitrogens is 1. The molecule has 21 heavy (non-hydrogen) atoms. The van der Waals surface area contributed by atoms with Crippen molar-refractivity contribution in [3.05, 3.63) is 51.8 Å². The summed E-state index contributed by atoms with van der Waals surface area (Å²) in [7, 11) is 1.63. The lowest BCUT2D eigenvalue weighted by molar-refractivity contribution is -0.131. The number of methoxy groups -OCH3 is 1. The van der Waals surface area contributed by atoms with Crippen LogP contribution in [0.15, 0.2) is 34.9 Å². The summed E-state index contributed by atoms with van der Waals surface area (Å²) in [5.74, 6) is 0.912. The van der Waals surface area contributed by atoms with Crippen molar-refractivity contribution in [2.24, 2.45) is 0 Å². The Morgan fingerprint density at radius 2 is 2.24 bits per heavy atom. The highest BCUT2D eigenvalue weighted by Crippen LogP contribution is 2.24. The molecule has 0 spiro atoms. The fourth-order valence-corrected chi connectivity index (χ4v) is 3.25. The van der Waals surface area contributed by atoms with Crippen LogP contribution in [-0.4, -0.2) is 29.4 Å². The molecular weight excluding hydrogens is 332 g/mol. The zero-order valence-corrected chi connectivity index (χ0v) is 13.4. The van der Waals surface area contributed by atoms with E-state index in [2.05, 4.69) is 27.0 Å². The number of hydrogen-bond donors (Lipinski definition) is 1. The van der Waals surface area contributed by atoms with Crippen LogP contribution in [0.25, 0.3) is 0 Å². The van der Waals surface area contributed by atoms with E-state index in [0.29, 0.717) is 13.0 Å². The number of halogens is 1. The molecule has 1 amide bonds. The van der Waals surface area contributed by atoms with Crippen molar-refractivity contribution in [1.29, 1.82) is 0 Å². The lowest BCUT2D eigenvalue weighted by atomic mass is 10.1. The van der Waals surface area contributed by atoms with Gasteiger partial charge >= 0.3 is 0 Å². The van der Waals surface area contributed by atoms with Crippen molar-refractivity contribution in [1.82, 2.24) is 9.88 Å². The van der Waals surface area contributed by atoms with Gasteiger partial charge in [-0.15, -0.1) is 0 Å². The lowest BCUT2D eigenvalue weighted by Gasteiger charge is -2.27. The van der Waals surface area contributed by atoms with Gasteiger partial charge in [0, 0.05) is 30.8 Å². The monoisotopic (exact) mass is 348 g/mol. The number of rotatable bonds is 3. The number of nitrogens with one attached hydrogen (secondary N) is 1. The Hall–Kier alpha value is -1.75. The van der Waals surface area contributed by atoms with E-state index >= 15 is 0 Å². The molecule has 0 bridgehead atoms. The summed E-state index contributed by atoms with van der Waals surface area (Å²) in [6.45, 7) is 1.43. The summed E-state index contributed by atoms with van der Waals surface area (Å²) in [5, 5.41) is 0. The standard InChI is InChI=1S/C16H17BrN2O2/c1-21-14-5-3-2-4-11(14)9-16(20)19-7-6-13-12(10-19)8-15(17)18-13/h2-5,8,18H,6-7,9-10H2,1H3. The second-order valence-corrected chi connectivity index (χ2v) is 6.03. The molecule has 1 N–H and O–H groups in total. The van der Waals surface area contributed by atoms with Crippen LogP contribution in [0.4, 0.5) is 0 Å². The summed E-state index contributed by atoms with van der Waals surface area (Å²) >= 11 is 3.45. The number of hydrogen-bond acceptors (Lipinski definition) is 2. The van der Waals surface area contributed by atoms with Gasteiger partial charge in [-0.05, 0) is 33.6 Å². The van der Waals surface area contributed by atoms with E-state index in [1.54, 1.807) is 7.11 Å². The van der Waals surface area contributed by atoms with Crippen molar-refractivity contribution in [2.45, 2.75) is 19.4 Å². The van der Waals surface area contributed by atoms with Crippen molar-refractivity contribution in [3.63, 3.8) is 0 Å². The number of benzene rings is 1. The van der Waals surface area contributed by atoms with Gasteiger partial charge in [0.05, 0.1) is 18.1 Å². The van der Waals surface area contributed by atoms with Gasteiger partial charge in [-0.1, -0.05) is 18.2 Å². The summed E-state index contributed by atoms with van der Waals surface area (Å²) in [5.41, 5.74) is 3.36. The van der Waals surface area contributed by atoms with Gasteiger partial charge < -0.3 is 14.6 Å². The molecule has 1 aliphatic heterocycles. The summed E-state index contributed by atoms with van der Waals surface area (Å²) in [6, 6.07) is 9.73. The SMILES string of the molecule is COc1ccccc1CC(=O)N1CCc2[nH]c(Br)cc2C1. The number of aromatic amines is 1. The molecule has 0 unspecified atom stereocenters. The maximum Gasteiger partial charge on any atom is 0.227 e. The molecule has 5 heteroatoms. The topological polar surface area (TPSA) is 45.3 Å². The Bertz CT molecular complexity index is 666. The average molecular weight is 349 g/mol. The van der Waals surface area contributed by atoms with Crippen molar-refractivity contribution < 1.29 is 9.53 Å². The first-order valence-electron chi connectivity index (χ1n) is 6.93. The minimum absolute atomic E-state index is 0.141. The number of carbonyl (C=O) groups excluding carboxylic acids is 1. The summed E-state index contributed by atoms with van der Waals surface area (Å²) in [6.07, 6.45) is 1.25. The van der Waals surface area contributed by atoms with E-state index in [4.69, 9.17) is 4.74 Å². The number of fused-ring (bicyclic) bond motifs is 1. The van der Waals surface area contributed by atoms with Gasteiger partial charge in [0.15, 0.2) is 0 Å². The van der Waals surface area contributed by atoms with Crippen LogP contribution in [0.3, 0.4) is 0 Å². The van der Waals surface area contributed by atoms with E-state index in [1.807, 2.05) is 29.2 Å². The second-order valence-electron chi connectivity index (χ2n) is 5.17. The molecular formula is C16H17BrN2O2. The number of amides is 1. The van der Waals surface area contributed by atoms with Crippen LogP contribution in [0.2, 0.25) is 0 Å². The molecule has 0 atom stereocenters. The van der Waals surface area contributed by atoms with Crippen LogP contribution in [0, 0.1) is 0 Å². The van der Waals surface area contributed by atoms with Gasteiger partial charge in [-0.25, -0.2) is 0 Å². The van der Waals surface area contributed by atoms with Crippen LogP contribution >= 0.6 is 15.9 Å². The first-order valence-corrected chi connectivity index (χ1v) is 7.72. The van der Waals surface area contributed by atoms with Gasteiger partial charge in [-0.2, -0.15) is 0 Å². The third-order valence-corrected chi connectivity index (χ3v) is 4.27. The number of carbonyl (C=O) groups is 1. The highest BCUT2D eigenvalue weighted by atomic mass is 79.9. The molecule has 3 rings (SSSR count). The molecule has 0 aliphatic carbocycles. The Kier molecular flexibility index (Phi) is 4.01. The first kappa shape index (κ1) is 14.2. The van der Waals surface area contributed by atoms with E-state index in [0.717, 1.165) is 28.9 Å². The quantitative estimate of drug-likeness (QED) is 0.926. The van der Waals surface area contributed by atoms with E-state index < -0.39 is 0 Å². The van der Waals surface area contributed by atoms with Crippen LogP contribution in [0.5, 0.6) is 5.75 Å². The largest absolute Gasteiger partial charge is 0.496 e. The Labute approximate surface area is 132 Å². The highest BCUT2D eigenvalue weighted by Gasteiger charge is 2.22. The zero-order valence-electron chi connectivity index (χ0n) is 11.9. The van der Waals surface area contributed by atoms with Gasteiger partial charge in [0.25, 0.3) is 0 Å². The lowest BCUT2D eigenvalue weighted by Crippen LogP contribution is -2.36. The Balaban J connectivity index is 1.72. The molecule has 0 saturated heterocycles.